The fourth-order valence-electron chi connectivity index (χ4n) is 8.02. The lowest BCUT2D eigenvalue weighted by atomic mass is 9.85. The van der Waals surface area contributed by atoms with Gasteiger partial charge in [0.25, 0.3) is 0 Å². The molecule has 2 heterocycles. The van der Waals surface area contributed by atoms with E-state index in [0.29, 0.717) is 0 Å². The van der Waals surface area contributed by atoms with Gasteiger partial charge in [-0.15, -0.1) is 0 Å². The summed E-state index contributed by atoms with van der Waals surface area (Å²) < 4.78 is 2.35. The summed E-state index contributed by atoms with van der Waals surface area (Å²) in [7, 11) is 0. The molecule has 0 aliphatic rings. The molecule has 0 radical (unpaired) electrons. The summed E-state index contributed by atoms with van der Waals surface area (Å²) in [6, 6.07) is 66.0. The van der Waals surface area contributed by atoms with Crippen molar-refractivity contribution in [1.82, 2.24) is 9.55 Å². The highest BCUT2D eigenvalue weighted by Gasteiger charge is 2.18. The molecule has 0 unspecified atom stereocenters. The third-order valence-electron chi connectivity index (χ3n) is 10.3. The second-order valence-electron chi connectivity index (χ2n) is 13.1. The summed E-state index contributed by atoms with van der Waals surface area (Å²) >= 11 is 0. The average molecular weight is 649 g/mol. The molecule has 0 aliphatic heterocycles. The summed E-state index contributed by atoms with van der Waals surface area (Å²) in [6.45, 7) is 0. The highest BCUT2D eigenvalue weighted by molar-refractivity contribution is 6.22. The fraction of sp³-hybridized carbons (Fsp3) is 0. The van der Waals surface area contributed by atoms with Crippen LogP contribution in [-0.4, -0.2) is 9.55 Å². The van der Waals surface area contributed by atoms with Crippen LogP contribution in [0.1, 0.15) is 0 Å². The second-order valence-corrected chi connectivity index (χ2v) is 13.1. The van der Waals surface area contributed by atoms with E-state index in [9.17, 15) is 0 Å². The van der Waals surface area contributed by atoms with Crippen molar-refractivity contribution in [1.29, 1.82) is 0 Å². The van der Waals surface area contributed by atoms with E-state index >= 15 is 0 Å². The van der Waals surface area contributed by atoms with Crippen molar-refractivity contribution >= 4 is 43.4 Å². The van der Waals surface area contributed by atoms with Gasteiger partial charge in [-0.2, -0.15) is 0 Å². The number of hydrogen-bond acceptors (Lipinski definition) is 1. The Balaban J connectivity index is 1.14. The first-order valence-electron chi connectivity index (χ1n) is 17.5. The van der Waals surface area contributed by atoms with Gasteiger partial charge in [-0.25, -0.2) is 0 Å². The normalized spacial score (nSPS) is 11.5. The summed E-state index contributed by atoms with van der Waals surface area (Å²) in [5.41, 5.74) is 13.2. The first-order chi connectivity index (χ1) is 25.3. The Morgan fingerprint density at radius 1 is 0.333 bits per heavy atom. The van der Waals surface area contributed by atoms with Gasteiger partial charge in [0.05, 0.1) is 22.9 Å². The molecule has 0 fully saturated rings. The SMILES string of the molecule is c1ccc(-c2c3ccccc3c(-c3ccccc3)c3cc(-c4ccc(-c5ccccc5-n5c6ccccc6c6ccncc65)cc4)ccc23)cc1. The largest absolute Gasteiger partial charge is 0.307 e. The van der Waals surface area contributed by atoms with E-state index < -0.39 is 0 Å². The lowest BCUT2D eigenvalue weighted by Crippen LogP contribution is -1.97. The molecule has 51 heavy (non-hydrogen) atoms. The van der Waals surface area contributed by atoms with Gasteiger partial charge in [0.2, 0.25) is 0 Å². The van der Waals surface area contributed by atoms with Crippen LogP contribution in [0.25, 0.3) is 93.5 Å². The van der Waals surface area contributed by atoms with Crippen LogP contribution in [0.5, 0.6) is 0 Å². The van der Waals surface area contributed by atoms with Crippen molar-refractivity contribution in [3.63, 3.8) is 0 Å². The molecule has 0 aliphatic carbocycles. The van der Waals surface area contributed by atoms with Crippen LogP contribution in [0.4, 0.5) is 0 Å². The smallest absolute Gasteiger partial charge is 0.0724 e. The summed E-state index contributed by atoms with van der Waals surface area (Å²) in [5.74, 6) is 0. The minimum Gasteiger partial charge on any atom is -0.307 e. The molecule has 0 saturated heterocycles. The maximum absolute atomic E-state index is 4.51. The lowest BCUT2D eigenvalue weighted by Gasteiger charge is -2.19. The molecule has 0 atom stereocenters. The van der Waals surface area contributed by atoms with Crippen LogP contribution in [0.15, 0.2) is 194 Å². The minimum absolute atomic E-state index is 1.11. The predicted molar refractivity (Wildman–Crippen MR) is 215 cm³/mol. The monoisotopic (exact) mass is 648 g/mol. The zero-order valence-corrected chi connectivity index (χ0v) is 27.9. The summed E-state index contributed by atoms with van der Waals surface area (Å²) in [4.78, 5) is 4.51. The molecule has 2 heteroatoms. The molecule has 10 rings (SSSR count). The van der Waals surface area contributed by atoms with Crippen molar-refractivity contribution in [3.8, 4) is 50.2 Å². The van der Waals surface area contributed by atoms with Crippen LogP contribution in [0.2, 0.25) is 0 Å². The molecular formula is C49H32N2. The predicted octanol–water partition coefficient (Wildman–Crippen LogP) is 13.2. The topological polar surface area (TPSA) is 17.8 Å². The molecule has 0 spiro atoms. The van der Waals surface area contributed by atoms with Crippen molar-refractivity contribution in [2.75, 3.05) is 0 Å². The number of rotatable bonds is 5. The molecule has 2 aromatic heterocycles. The third kappa shape index (κ3) is 4.76. The van der Waals surface area contributed by atoms with E-state index in [1.807, 2.05) is 12.4 Å². The molecule has 0 N–H and O–H groups in total. The van der Waals surface area contributed by atoms with Gasteiger partial charge in [0.15, 0.2) is 0 Å². The maximum atomic E-state index is 4.51. The van der Waals surface area contributed by atoms with Crippen molar-refractivity contribution in [2.45, 2.75) is 0 Å². The number of aromatic nitrogens is 2. The van der Waals surface area contributed by atoms with Crippen molar-refractivity contribution < 1.29 is 0 Å². The Labute approximate surface area is 296 Å². The van der Waals surface area contributed by atoms with Gasteiger partial charge in [-0.1, -0.05) is 158 Å². The maximum Gasteiger partial charge on any atom is 0.0724 e. The molecule has 0 bridgehead atoms. The standard InChI is InChI=1S/C49H32N2/c1-3-13-35(14-4-1)48-41-19-7-8-20-42(41)49(36-15-5-2-6-16-36)44-31-37(27-28-43(44)48)33-23-25-34(26-24-33)38-17-9-11-21-45(38)51-46-22-12-10-18-39(46)40-29-30-50-32-47(40)51/h1-32H. The highest BCUT2D eigenvalue weighted by atomic mass is 15.0. The molecule has 2 nitrogen and oxygen atoms in total. The quantitative estimate of drug-likeness (QED) is 0.170. The molecule has 8 aromatic carbocycles. The zero-order chi connectivity index (χ0) is 33.7. The molecule has 10 aromatic rings. The van der Waals surface area contributed by atoms with E-state index in [0.717, 1.165) is 11.2 Å². The van der Waals surface area contributed by atoms with E-state index in [1.54, 1.807) is 0 Å². The van der Waals surface area contributed by atoms with Gasteiger partial charge < -0.3 is 4.57 Å². The van der Waals surface area contributed by atoms with Crippen LogP contribution in [-0.2, 0) is 0 Å². The first kappa shape index (κ1) is 29.2. The van der Waals surface area contributed by atoms with Crippen LogP contribution in [0.3, 0.4) is 0 Å². The molecule has 238 valence electrons. The van der Waals surface area contributed by atoms with Crippen molar-refractivity contribution in [2.24, 2.45) is 0 Å². The van der Waals surface area contributed by atoms with Gasteiger partial charge in [0.1, 0.15) is 0 Å². The van der Waals surface area contributed by atoms with Gasteiger partial charge in [-0.3, -0.25) is 4.98 Å². The Hall–Kier alpha value is -6.77. The Morgan fingerprint density at radius 3 is 1.59 bits per heavy atom. The van der Waals surface area contributed by atoms with E-state index in [-0.39, 0.29) is 0 Å². The number of hydrogen-bond donors (Lipinski definition) is 0. The molecular weight excluding hydrogens is 617 g/mol. The van der Waals surface area contributed by atoms with Crippen molar-refractivity contribution in [3.05, 3.63) is 194 Å². The van der Waals surface area contributed by atoms with E-state index in [1.165, 1.54) is 82.3 Å². The first-order valence-corrected chi connectivity index (χ1v) is 17.5. The lowest BCUT2D eigenvalue weighted by molar-refractivity contribution is 1.17. The number of fused-ring (bicyclic) bond motifs is 5. The Bertz CT molecular complexity index is 2830. The summed E-state index contributed by atoms with van der Waals surface area (Å²) in [6.07, 6.45) is 3.86. The van der Waals surface area contributed by atoms with Gasteiger partial charge in [-0.05, 0) is 84.8 Å². The minimum atomic E-state index is 1.11. The molecule has 0 saturated carbocycles. The van der Waals surface area contributed by atoms with Gasteiger partial charge >= 0.3 is 0 Å². The number of para-hydroxylation sites is 2. The Morgan fingerprint density at radius 2 is 0.863 bits per heavy atom. The van der Waals surface area contributed by atoms with Gasteiger partial charge in [0, 0.05) is 22.5 Å². The Kier molecular flexibility index (Phi) is 6.85. The van der Waals surface area contributed by atoms with E-state index in [4.69, 9.17) is 0 Å². The van der Waals surface area contributed by atoms with Crippen LogP contribution in [0, 0.1) is 0 Å². The highest BCUT2D eigenvalue weighted by Crippen LogP contribution is 2.45. The number of pyridine rings is 1. The fourth-order valence-corrected chi connectivity index (χ4v) is 8.02. The average Bonchev–Trinajstić information content (AvgIpc) is 3.54. The number of nitrogens with zero attached hydrogens (tertiary/aromatic N) is 2. The van der Waals surface area contributed by atoms with Crippen LogP contribution < -0.4 is 0 Å². The number of benzene rings is 8. The van der Waals surface area contributed by atoms with E-state index in [2.05, 4.69) is 192 Å². The summed E-state index contributed by atoms with van der Waals surface area (Å²) in [5, 5.41) is 7.48. The third-order valence-corrected chi connectivity index (χ3v) is 10.3. The van der Waals surface area contributed by atoms with Crippen LogP contribution >= 0.6 is 0 Å². The zero-order valence-electron chi connectivity index (χ0n) is 27.9. The second kappa shape index (κ2) is 12.0. The molecule has 0 amide bonds.